The zero-order valence-corrected chi connectivity index (χ0v) is 20.6. The van der Waals surface area contributed by atoms with Crippen LogP contribution in [-0.2, 0) is 36.8 Å². The van der Waals surface area contributed by atoms with E-state index in [2.05, 4.69) is 30.9 Å². The Labute approximate surface area is 216 Å². The quantitative estimate of drug-likeness (QED) is 0.129. The van der Waals surface area contributed by atoms with Gasteiger partial charge in [-0.15, -0.1) is 0 Å². The van der Waals surface area contributed by atoms with Crippen LogP contribution in [0.5, 0.6) is 0 Å². The number of fused-ring (bicyclic) bond motifs is 1. The van der Waals surface area contributed by atoms with Crippen LogP contribution in [-0.4, -0.2) is 73.8 Å². The number of carboxylic acids is 1. The number of hydrogen-bond acceptors (Lipinski definition) is 7. The minimum Gasteiger partial charge on any atom is -0.480 e. The molecule has 4 unspecified atom stereocenters. The molecule has 38 heavy (non-hydrogen) atoms. The molecule has 4 amide bonds. The summed E-state index contributed by atoms with van der Waals surface area (Å²) in [6, 6.07) is 2.39. The van der Waals surface area contributed by atoms with Crippen LogP contribution in [0.1, 0.15) is 24.6 Å². The normalized spacial score (nSPS) is 14.2. The Hall–Kier alpha value is -4.72. The SMILES string of the molecule is CC(NC(=O)C(CC(N)=O)NC(=O)C(Cc1c[nH]c2ccccc12)NC(=O)C(N)Cc1cnc[nH]1)C(=O)O. The van der Waals surface area contributed by atoms with Gasteiger partial charge < -0.3 is 42.5 Å². The van der Waals surface area contributed by atoms with Crippen LogP contribution in [0.25, 0.3) is 10.9 Å². The number of nitrogens with zero attached hydrogens (tertiary/aromatic N) is 1. The zero-order valence-electron chi connectivity index (χ0n) is 20.6. The van der Waals surface area contributed by atoms with Gasteiger partial charge in [-0.25, -0.2) is 4.98 Å². The molecule has 0 aliphatic carbocycles. The van der Waals surface area contributed by atoms with Crippen molar-refractivity contribution in [2.24, 2.45) is 11.5 Å². The van der Waals surface area contributed by atoms with Crippen LogP contribution in [0.15, 0.2) is 43.0 Å². The molecule has 0 fully saturated rings. The number of aromatic nitrogens is 3. The third kappa shape index (κ3) is 7.39. The molecule has 0 saturated heterocycles. The van der Waals surface area contributed by atoms with Crippen molar-refractivity contribution in [1.29, 1.82) is 0 Å². The van der Waals surface area contributed by atoms with Crippen LogP contribution in [0.4, 0.5) is 0 Å². The number of carbonyl (C=O) groups excluding carboxylic acids is 4. The Morgan fingerprint density at radius 1 is 0.974 bits per heavy atom. The lowest BCUT2D eigenvalue weighted by Crippen LogP contribution is -2.58. The van der Waals surface area contributed by atoms with Gasteiger partial charge in [0, 0.05) is 41.8 Å². The highest BCUT2D eigenvalue weighted by Gasteiger charge is 2.31. The number of hydrogen-bond donors (Lipinski definition) is 8. The first-order valence-corrected chi connectivity index (χ1v) is 11.7. The first-order valence-electron chi connectivity index (χ1n) is 11.7. The Morgan fingerprint density at radius 2 is 1.66 bits per heavy atom. The fourth-order valence-corrected chi connectivity index (χ4v) is 3.79. The number of para-hydroxylation sites is 1. The highest BCUT2D eigenvalue weighted by Crippen LogP contribution is 2.19. The number of H-pyrrole nitrogens is 2. The average molecular weight is 527 g/mol. The summed E-state index contributed by atoms with van der Waals surface area (Å²) in [5, 5.41) is 17.1. The maximum absolute atomic E-state index is 13.4. The molecule has 3 rings (SSSR count). The molecule has 0 aliphatic rings. The minimum absolute atomic E-state index is 0.0226. The molecule has 0 aliphatic heterocycles. The molecular weight excluding hydrogens is 496 g/mol. The lowest BCUT2D eigenvalue weighted by molar-refractivity contribution is -0.142. The zero-order chi connectivity index (χ0) is 27.8. The third-order valence-electron chi connectivity index (χ3n) is 5.83. The second-order valence-corrected chi connectivity index (χ2v) is 8.81. The van der Waals surface area contributed by atoms with E-state index in [1.54, 1.807) is 6.20 Å². The van der Waals surface area contributed by atoms with Gasteiger partial charge in [0.25, 0.3) is 0 Å². The van der Waals surface area contributed by atoms with E-state index in [1.165, 1.54) is 19.4 Å². The van der Waals surface area contributed by atoms with Crippen molar-refractivity contribution >= 4 is 40.5 Å². The van der Waals surface area contributed by atoms with Crippen LogP contribution >= 0.6 is 0 Å². The summed E-state index contributed by atoms with van der Waals surface area (Å²) in [6.07, 6.45) is 4.24. The summed E-state index contributed by atoms with van der Waals surface area (Å²) in [6.45, 7) is 1.23. The lowest BCUT2D eigenvalue weighted by atomic mass is 10.0. The monoisotopic (exact) mass is 526 g/mol. The molecule has 1 aromatic carbocycles. The standard InChI is InChI=1S/C24H30N8O6/c1-12(24(37)38)30-22(35)19(8-20(26)33)32-23(36)18(6-13-9-28-17-5-3-2-4-15(13)17)31-21(34)16(25)7-14-10-27-11-29-14/h2-5,9-12,16,18-19,28H,6-8,25H2,1H3,(H2,26,33)(H,27,29)(H,30,35)(H,31,34)(H,32,36)(H,37,38). The van der Waals surface area contributed by atoms with E-state index >= 15 is 0 Å². The Balaban J connectivity index is 1.82. The average Bonchev–Trinajstić information content (AvgIpc) is 3.52. The van der Waals surface area contributed by atoms with E-state index < -0.39 is 60.2 Å². The number of nitrogens with one attached hydrogen (secondary N) is 5. The van der Waals surface area contributed by atoms with Crippen molar-refractivity contribution in [2.75, 3.05) is 0 Å². The Bertz CT molecular complexity index is 1300. The molecule has 202 valence electrons. The van der Waals surface area contributed by atoms with Gasteiger partial charge in [0.15, 0.2) is 0 Å². The van der Waals surface area contributed by atoms with Crippen molar-refractivity contribution in [3.8, 4) is 0 Å². The number of primary amides is 1. The van der Waals surface area contributed by atoms with E-state index in [-0.39, 0.29) is 12.8 Å². The summed E-state index contributed by atoms with van der Waals surface area (Å²) >= 11 is 0. The van der Waals surface area contributed by atoms with Gasteiger partial charge in [0.2, 0.25) is 23.6 Å². The van der Waals surface area contributed by atoms with Crippen LogP contribution in [0, 0.1) is 0 Å². The molecule has 14 nitrogen and oxygen atoms in total. The molecule has 2 heterocycles. The van der Waals surface area contributed by atoms with Crippen LogP contribution in [0.2, 0.25) is 0 Å². The van der Waals surface area contributed by atoms with Gasteiger partial charge in [0.1, 0.15) is 18.1 Å². The number of amides is 4. The van der Waals surface area contributed by atoms with E-state index in [0.717, 1.165) is 10.9 Å². The number of carbonyl (C=O) groups is 5. The van der Waals surface area contributed by atoms with Crippen molar-refractivity contribution < 1.29 is 29.1 Å². The summed E-state index contributed by atoms with van der Waals surface area (Å²) in [4.78, 5) is 71.4. The summed E-state index contributed by atoms with van der Waals surface area (Å²) in [5.41, 5.74) is 13.4. The Kier molecular flexibility index (Phi) is 9.16. The highest BCUT2D eigenvalue weighted by atomic mass is 16.4. The fourth-order valence-electron chi connectivity index (χ4n) is 3.79. The molecule has 3 aromatic rings. The predicted molar refractivity (Wildman–Crippen MR) is 135 cm³/mol. The number of aliphatic carboxylic acids is 1. The number of aromatic amines is 2. The van der Waals surface area contributed by atoms with Gasteiger partial charge in [0.05, 0.1) is 18.8 Å². The molecule has 0 radical (unpaired) electrons. The van der Waals surface area contributed by atoms with E-state index in [1.807, 2.05) is 24.3 Å². The number of imidazole rings is 1. The molecule has 0 saturated carbocycles. The molecule has 14 heteroatoms. The summed E-state index contributed by atoms with van der Waals surface area (Å²) < 4.78 is 0. The van der Waals surface area contributed by atoms with Crippen LogP contribution in [0.3, 0.4) is 0 Å². The molecule has 0 spiro atoms. The Morgan fingerprint density at radius 3 is 2.32 bits per heavy atom. The van der Waals surface area contributed by atoms with Crippen molar-refractivity contribution in [2.45, 2.75) is 50.4 Å². The third-order valence-corrected chi connectivity index (χ3v) is 5.83. The predicted octanol–water partition coefficient (Wildman–Crippen LogP) is -1.56. The fraction of sp³-hybridized carbons (Fsp3) is 0.333. The van der Waals surface area contributed by atoms with E-state index in [9.17, 15) is 24.0 Å². The smallest absolute Gasteiger partial charge is 0.325 e. The van der Waals surface area contributed by atoms with E-state index in [0.29, 0.717) is 11.3 Å². The topological polar surface area (TPSA) is 238 Å². The maximum atomic E-state index is 13.4. The van der Waals surface area contributed by atoms with E-state index in [4.69, 9.17) is 16.6 Å². The number of rotatable bonds is 13. The number of nitrogens with two attached hydrogens (primary N) is 2. The summed E-state index contributed by atoms with van der Waals surface area (Å²) in [5.74, 6) is -4.54. The highest BCUT2D eigenvalue weighted by molar-refractivity contribution is 5.96. The van der Waals surface area contributed by atoms with Gasteiger partial charge in [-0.3, -0.25) is 24.0 Å². The van der Waals surface area contributed by atoms with Crippen LogP contribution < -0.4 is 27.4 Å². The summed E-state index contributed by atoms with van der Waals surface area (Å²) in [7, 11) is 0. The second-order valence-electron chi connectivity index (χ2n) is 8.81. The minimum atomic E-state index is -1.47. The molecular formula is C24H30N8O6. The first-order chi connectivity index (χ1) is 18.0. The van der Waals surface area contributed by atoms with Crippen molar-refractivity contribution in [3.63, 3.8) is 0 Å². The molecule has 2 aromatic heterocycles. The van der Waals surface area contributed by atoms with Crippen molar-refractivity contribution in [1.82, 2.24) is 30.9 Å². The lowest BCUT2D eigenvalue weighted by Gasteiger charge is -2.24. The van der Waals surface area contributed by atoms with Gasteiger partial charge in [-0.1, -0.05) is 18.2 Å². The number of benzene rings is 1. The molecule has 4 atom stereocenters. The second kappa shape index (κ2) is 12.5. The van der Waals surface area contributed by atoms with Crippen molar-refractivity contribution in [3.05, 3.63) is 54.2 Å². The van der Waals surface area contributed by atoms with Gasteiger partial charge in [-0.2, -0.15) is 0 Å². The van der Waals surface area contributed by atoms with Gasteiger partial charge in [-0.05, 0) is 18.6 Å². The molecule has 0 bridgehead atoms. The largest absolute Gasteiger partial charge is 0.480 e. The first kappa shape index (κ1) is 27.9. The number of carboxylic acid groups (broad SMARTS) is 1. The molecule has 10 N–H and O–H groups in total. The van der Waals surface area contributed by atoms with Gasteiger partial charge >= 0.3 is 5.97 Å². The maximum Gasteiger partial charge on any atom is 0.325 e.